The molecule has 1 saturated heterocycles. The van der Waals surface area contributed by atoms with Crippen molar-refractivity contribution in [3.63, 3.8) is 0 Å². The van der Waals surface area contributed by atoms with Gasteiger partial charge in [-0.1, -0.05) is 18.2 Å². The van der Waals surface area contributed by atoms with Crippen LogP contribution in [0.4, 0.5) is 0 Å². The predicted octanol–water partition coefficient (Wildman–Crippen LogP) is 3.50. The molecule has 29 heavy (non-hydrogen) atoms. The summed E-state index contributed by atoms with van der Waals surface area (Å²) in [6, 6.07) is 12.4. The van der Waals surface area contributed by atoms with Gasteiger partial charge in [0.1, 0.15) is 5.75 Å². The van der Waals surface area contributed by atoms with E-state index in [1.807, 2.05) is 38.1 Å². The van der Waals surface area contributed by atoms with Crippen molar-refractivity contribution >= 4 is 15.9 Å². The number of rotatable bonds is 7. The second-order valence-electron chi connectivity index (χ2n) is 7.59. The van der Waals surface area contributed by atoms with E-state index in [0.717, 1.165) is 24.2 Å². The molecular formula is C22H28N2O4S. The van der Waals surface area contributed by atoms with E-state index < -0.39 is 10.0 Å². The van der Waals surface area contributed by atoms with Crippen LogP contribution in [0.2, 0.25) is 0 Å². The lowest BCUT2D eigenvalue weighted by molar-refractivity contribution is 0.0950. The van der Waals surface area contributed by atoms with Crippen molar-refractivity contribution in [2.75, 3.05) is 13.1 Å². The van der Waals surface area contributed by atoms with Crippen molar-refractivity contribution < 1.29 is 17.9 Å². The van der Waals surface area contributed by atoms with E-state index in [2.05, 4.69) is 5.32 Å². The Morgan fingerprint density at radius 1 is 1.14 bits per heavy atom. The molecule has 0 spiro atoms. The third-order valence-corrected chi connectivity index (χ3v) is 6.90. The van der Waals surface area contributed by atoms with Gasteiger partial charge in [0.2, 0.25) is 10.0 Å². The Bertz CT molecular complexity index is 980. The Kier molecular flexibility index (Phi) is 6.59. The van der Waals surface area contributed by atoms with E-state index in [0.29, 0.717) is 30.8 Å². The average Bonchev–Trinajstić information content (AvgIpc) is 3.22. The van der Waals surface area contributed by atoms with E-state index in [9.17, 15) is 13.2 Å². The Hall–Kier alpha value is -2.38. The molecule has 1 amide bonds. The van der Waals surface area contributed by atoms with E-state index >= 15 is 0 Å². The van der Waals surface area contributed by atoms with Crippen molar-refractivity contribution in [3.8, 4) is 5.75 Å². The molecule has 0 radical (unpaired) electrons. The molecule has 0 saturated carbocycles. The Balaban J connectivity index is 1.73. The van der Waals surface area contributed by atoms with Crippen molar-refractivity contribution in [2.45, 2.75) is 51.2 Å². The minimum Gasteiger partial charge on any atom is -0.491 e. The van der Waals surface area contributed by atoms with Crippen LogP contribution in [-0.4, -0.2) is 37.8 Å². The highest BCUT2D eigenvalue weighted by atomic mass is 32.2. The van der Waals surface area contributed by atoms with Gasteiger partial charge in [0.15, 0.2) is 0 Å². The highest BCUT2D eigenvalue weighted by Crippen LogP contribution is 2.24. The molecule has 6 nitrogen and oxygen atoms in total. The summed E-state index contributed by atoms with van der Waals surface area (Å²) in [5.41, 5.74) is 1.89. The van der Waals surface area contributed by atoms with Gasteiger partial charge < -0.3 is 10.1 Å². The van der Waals surface area contributed by atoms with Crippen molar-refractivity contribution in [3.05, 3.63) is 59.2 Å². The van der Waals surface area contributed by atoms with Crippen LogP contribution in [0, 0.1) is 6.92 Å². The van der Waals surface area contributed by atoms with Gasteiger partial charge in [-0.2, -0.15) is 4.31 Å². The topological polar surface area (TPSA) is 75.7 Å². The molecule has 0 aromatic heterocycles. The van der Waals surface area contributed by atoms with Gasteiger partial charge in [-0.15, -0.1) is 0 Å². The van der Waals surface area contributed by atoms with Crippen LogP contribution in [0.3, 0.4) is 0 Å². The molecule has 2 aromatic carbocycles. The van der Waals surface area contributed by atoms with Crippen molar-refractivity contribution in [2.24, 2.45) is 0 Å². The molecule has 0 unspecified atom stereocenters. The zero-order valence-corrected chi connectivity index (χ0v) is 18.0. The molecule has 0 aliphatic carbocycles. The number of ether oxygens (including phenoxy) is 1. The fourth-order valence-electron chi connectivity index (χ4n) is 3.37. The maximum Gasteiger partial charge on any atom is 0.251 e. The normalized spacial score (nSPS) is 14.9. The van der Waals surface area contributed by atoms with Crippen molar-refractivity contribution in [1.29, 1.82) is 0 Å². The summed E-state index contributed by atoms with van der Waals surface area (Å²) in [5.74, 6) is 0.444. The molecule has 1 N–H and O–H groups in total. The summed E-state index contributed by atoms with van der Waals surface area (Å²) in [5, 5.41) is 2.86. The van der Waals surface area contributed by atoms with Crippen LogP contribution in [0.1, 0.15) is 48.2 Å². The number of sulfonamides is 1. The maximum absolute atomic E-state index is 12.9. The molecule has 1 fully saturated rings. The number of carbonyl (C=O) groups is 1. The number of hydrogen-bond acceptors (Lipinski definition) is 4. The van der Waals surface area contributed by atoms with Crippen LogP contribution in [0.15, 0.2) is 47.4 Å². The lowest BCUT2D eigenvalue weighted by Crippen LogP contribution is -2.29. The molecule has 7 heteroatoms. The van der Waals surface area contributed by atoms with E-state index in [-0.39, 0.29) is 16.9 Å². The van der Waals surface area contributed by atoms with Crippen LogP contribution < -0.4 is 10.1 Å². The minimum atomic E-state index is -3.57. The Morgan fingerprint density at radius 2 is 1.86 bits per heavy atom. The number of carbonyl (C=O) groups excluding carboxylic acids is 1. The molecule has 3 rings (SSSR count). The van der Waals surface area contributed by atoms with Gasteiger partial charge in [-0.05, 0) is 69.0 Å². The fourth-order valence-corrected chi connectivity index (χ4v) is 5.14. The largest absolute Gasteiger partial charge is 0.491 e. The lowest BCUT2D eigenvalue weighted by atomic mass is 10.1. The monoisotopic (exact) mass is 416 g/mol. The summed E-state index contributed by atoms with van der Waals surface area (Å²) < 4.78 is 33.0. The van der Waals surface area contributed by atoms with Gasteiger partial charge in [0.25, 0.3) is 5.91 Å². The standard InChI is InChI=1S/C22H28N2O4S/c1-16(2)28-20-8-6-7-18(13-20)15-23-22(25)19-10-9-17(3)21(14-19)29(26,27)24-11-4-5-12-24/h6-10,13-14,16H,4-5,11-12,15H2,1-3H3,(H,23,25). The summed E-state index contributed by atoms with van der Waals surface area (Å²) in [4.78, 5) is 12.8. The molecular weight excluding hydrogens is 388 g/mol. The number of amides is 1. The summed E-state index contributed by atoms with van der Waals surface area (Å²) in [6.07, 6.45) is 1.82. The van der Waals surface area contributed by atoms with Crippen LogP contribution in [-0.2, 0) is 16.6 Å². The first-order valence-electron chi connectivity index (χ1n) is 9.92. The van der Waals surface area contributed by atoms with Gasteiger partial charge in [-0.3, -0.25) is 4.79 Å². The molecule has 1 aliphatic heterocycles. The molecule has 2 aromatic rings. The first kappa shape index (κ1) is 21.3. The first-order chi connectivity index (χ1) is 13.8. The van der Waals surface area contributed by atoms with Crippen molar-refractivity contribution in [1.82, 2.24) is 9.62 Å². The molecule has 156 valence electrons. The summed E-state index contributed by atoms with van der Waals surface area (Å²) >= 11 is 0. The molecule has 0 bridgehead atoms. The van der Waals surface area contributed by atoms with Crippen LogP contribution in [0.25, 0.3) is 0 Å². The quantitative estimate of drug-likeness (QED) is 0.750. The summed E-state index contributed by atoms with van der Waals surface area (Å²) in [7, 11) is -3.57. The van der Waals surface area contributed by atoms with Gasteiger partial charge in [-0.25, -0.2) is 8.42 Å². The average molecular weight is 417 g/mol. The zero-order valence-electron chi connectivity index (χ0n) is 17.1. The van der Waals surface area contributed by atoms with E-state index in [1.54, 1.807) is 19.1 Å². The van der Waals surface area contributed by atoms with E-state index in [1.165, 1.54) is 10.4 Å². The SMILES string of the molecule is Cc1ccc(C(=O)NCc2cccc(OC(C)C)c2)cc1S(=O)(=O)N1CCCC1. The third-order valence-electron chi connectivity index (χ3n) is 4.86. The smallest absolute Gasteiger partial charge is 0.251 e. The number of aryl methyl sites for hydroxylation is 1. The van der Waals surface area contributed by atoms with E-state index in [4.69, 9.17) is 4.74 Å². The van der Waals surface area contributed by atoms with Gasteiger partial charge in [0, 0.05) is 25.2 Å². The Labute approximate surface area is 172 Å². The number of hydrogen-bond donors (Lipinski definition) is 1. The second-order valence-corrected chi connectivity index (χ2v) is 9.49. The highest BCUT2D eigenvalue weighted by Gasteiger charge is 2.29. The minimum absolute atomic E-state index is 0.0726. The first-order valence-corrected chi connectivity index (χ1v) is 11.4. The van der Waals surface area contributed by atoms with Crippen LogP contribution in [0.5, 0.6) is 5.75 Å². The highest BCUT2D eigenvalue weighted by molar-refractivity contribution is 7.89. The third kappa shape index (κ3) is 5.16. The predicted molar refractivity (Wildman–Crippen MR) is 113 cm³/mol. The number of nitrogens with zero attached hydrogens (tertiary/aromatic N) is 1. The number of benzene rings is 2. The maximum atomic E-state index is 12.9. The molecule has 1 heterocycles. The molecule has 1 aliphatic rings. The lowest BCUT2D eigenvalue weighted by Gasteiger charge is -2.18. The van der Waals surface area contributed by atoms with Gasteiger partial charge >= 0.3 is 0 Å². The van der Waals surface area contributed by atoms with Crippen LogP contribution >= 0.6 is 0 Å². The zero-order chi connectivity index (χ0) is 21.0. The summed E-state index contributed by atoms with van der Waals surface area (Å²) in [6.45, 7) is 7.07. The Morgan fingerprint density at radius 3 is 2.55 bits per heavy atom. The molecule has 0 atom stereocenters. The number of nitrogens with one attached hydrogen (secondary N) is 1. The second kappa shape index (κ2) is 8.97. The van der Waals surface area contributed by atoms with Gasteiger partial charge in [0.05, 0.1) is 11.0 Å². The fraction of sp³-hybridized carbons (Fsp3) is 0.409.